The Balaban J connectivity index is 2.18. The highest BCUT2D eigenvalue weighted by molar-refractivity contribution is 7.99. The van der Waals surface area contributed by atoms with Gasteiger partial charge in [-0.25, -0.2) is 0 Å². The van der Waals surface area contributed by atoms with E-state index >= 15 is 0 Å². The number of piperidine rings is 1. The van der Waals surface area contributed by atoms with E-state index in [-0.39, 0.29) is 11.8 Å². The fraction of sp³-hybridized carbons (Fsp3) is 0.727. The van der Waals surface area contributed by atoms with Gasteiger partial charge in [-0.2, -0.15) is 0 Å². The standard InChI is InChI=1S/C11H19N5O2S/c1-7-5-15(2)4-3-8(7)16-10(12)13-14-11(16)19-6-9(17)18/h7-8H,3-6H2,1-2H3,(H2,12,13)(H,17,18). The van der Waals surface area contributed by atoms with Gasteiger partial charge in [-0.05, 0) is 25.9 Å². The third-order valence-electron chi connectivity index (χ3n) is 3.41. The minimum atomic E-state index is -0.866. The van der Waals surface area contributed by atoms with Crippen molar-refractivity contribution in [3.8, 4) is 0 Å². The number of nitrogens with two attached hydrogens (primary N) is 1. The number of carbonyl (C=O) groups is 1. The predicted octanol–water partition coefficient (Wildman–Crippen LogP) is 0.550. The number of nitrogen functional groups attached to an aromatic ring is 1. The molecule has 2 atom stereocenters. The van der Waals surface area contributed by atoms with Crippen LogP contribution in [0.4, 0.5) is 5.95 Å². The van der Waals surface area contributed by atoms with Gasteiger partial charge in [0.15, 0.2) is 5.16 Å². The van der Waals surface area contributed by atoms with E-state index in [2.05, 4.69) is 29.1 Å². The summed E-state index contributed by atoms with van der Waals surface area (Å²) in [4.78, 5) is 12.9. The number of hydrogen-bond acceptors (Lipinski definition) is 6. The highest BCUT2D eigenvalue weighted by Gasteiger charge is 2.29. The molecule has 1 aliphatic rings. The fourth-order valence-electron chi connectivity index (χ4n) is 2.55. The SMILES string of the molecule is CC1CN(C)CCC1n1c(N)nnc1SCC(=O)O. The molecule has 2 unspecified atom stereocenters. The van der Waals surface area contributed by atoms with Crippen LogP contribution in [-0.2, 0) is 4.79 Å². The first-order valence-electron chi connectivity index (χ1n) is 6.22. The van der Waals surface area contributed by atoms with Gasteiger partial charge in [-0.3, -0.25) is 9.36 Å². The number of rotatable bonds is 4. The van der Waals surface area contributed by atoms with Crippen LogP contribution in [0.1, 0.15) is 19.4 Å². The topological polar surface area (TPSA) is 97.3 Å². The maximum absolute atomic E-state index is 10.7. The van der Waals surface area contributed by atoms with Gasteiger partial charge in [0.1, 0.15) is 0 Å². The van der Waals surface area contributed by atoms with E-state index in [0.717, 1.165) is 19.5 Å². The lowest BCUT2D eigenvalue weighted by atomic mass is 9.94. The van der Waals surface area contributed by atoms with E-state index in [1.165, 1.54) is 11.8 Å². The Morgan fingerprint density at radius 2 is 2.32 bits per heavy atom. The zero-order valence-corrected chi connectivity index (χ0v) is 11.9. The molecule has 1 aromatic rings. The van der Waals surface area contributed by atoms with Gasteiger partial charge >= 0.3 is 5.97 Å². The summed E-state index contributed by atoms with van der Waals surface area (Å²) in [5.74, 6) is -0.0934. The number of aliphatic carboxylic acids is 1. The largest absolute Gasteiger partial charge is 0.481 e. The van der Waals surface area contributed by atoms with E-state index in [1.54, 1.807) is 0 Å². The first kappa shape index (κ1) is 14.1. The van der Waals surface area contributed by atoms with Crippen molar-refractivity contribution in [3.63, 3.8) is 0 Å². The molecule has 1 saturated heterocycles. The summed E-state index contributed by atoms with van der Waals surface area (Å²) in [7, 11) is 2.10. The summed E-state index contributed by atoms with van der Waals surface area (Å²) < 4.78 is 1.89. The lowest BCUT2D eigenvalue weighted by Crippen LogP contribution is -2.38. The molecule has 106 valence electrons. The molecule has 0 amide bonds. The highest BCUT2D eigenvalue weighted by atomic mass is 32.2. The first-order valence-corrected chi connectivity index (χ1v) is 7.21. The number of aromatic nitrogens is 3. The third-order valence-corrected chi connectivity index (χ3v) is 4.34. The summed E-state index contributed by atoms with van der Waals surface area (Å²) in [6.45, 7) is 4.16. The van der Waals surface area contributed by atoms with E-state index < -0.39 is 5.97 Å². The van der Waals surface area contributed by atoms with Crippen molar-refractivity contribution in [1.29, 1.82) is 0 Å². The number of carboxylic acid groups (broad SMARTS) is 1. The number of nitrogens with zero attached hydrogens (tertiary/aromatic N) is 4. The first-order chi connectivity index (χ1) is 8.99. The van der Waals surface area contributed by atoms with Gasteiger partial charge in [0.05, 0.1) is 5.75 Å². The zero-order valence-electron chi connectivity index (χ0n) is 11.1. The molecular weight excluding hydrogens is 266 g/mol. The molecule has 0 bridgehead atoms. The van der Waals surface area contributed by atoms with Gasteiger partial charge < -0.3 is 15.7 Å². The van der Waals surface area contributed by atoms with Crippen LogP contribution in [0.5, 0.6) is 0 Å². The zero-order chi connectivity index (χ0) is 14.0. The van der Waals surface area contributed by atoms with Crippen LogP contribution in [0.15, 0.2) is 5.16 Å². The number of anilines is 1. The number of likely N-dealkylation sites (tertiary alicyclic amines) is 1. The molecule has 0 saturated carbocycles. The molecule has 1 aliphatic heterocycles. The van der Waals surface area contributed by atoms with Gasteiger partial charge in [-0.1, -0.05) is 18.7 Å². The predicted molar refractivity (Wildman–Crippen MR) is 73.1 cm³/mol. The van der Waals surface area contributed by atoms with Crippen molar-refractivity contribution in [2.45, 2.75) is 24.5 Å². The van der Waals surface area contributed by atoms with Gasteiger partial charge in [0, 0.05) is 12.6 Å². The lowest BCUT2D eigenvalue weighted by Gasteiger charge is -2.36. The molecule has 0 aromatic carbocycles. The molecule has 3 N–H and O–H groups in total. The highest BCUT2D eigenvalue weighted by Crippen LogP contribution is 2.32. The number of thioether (sulfide) groups is 1. The Kier molecular flexibility index (Phi) is 4.31. The van der Waals surface area contributed by atoms with Crippen LogP contribution in [0.2, 0.25) is 0 Å². The van der Waals surface area contributed by atoms with Crippen molar-refractivity contribution in [3.05, 3.63) is 0 Å². The maximum Gasteiger partial charge on any atom is 0.313 e. The van der Waals surface area contributed by atoms with Crippen molar-refractivity contribution in [2.75, 3.05) is 31.6 Å². The Morgan fingerprint density at radius 3 is 2.95 bits per heavy atom. The Labute approximate surface area is 116 Å². The molecule has 1 aromatic heterocycles. The second-order valence-corrected chi connectivity index (χ2v) is 5.93. The van der Waals surface area contributed by atoms with Crippen molar-refractivity contribution in [2.24, 2.45) is 5.92 Å². The minimum absolute atomic E-state index is 0.0286. The third kappa shape index (κ3) is 3.19. The summed E-state index contributed by atoms with van der Waals surface area (Å²) in [5, 5.41) is 17.2. The Bertz CT molecular complexity index is 464. The average Bonchev–Trinajstić information content (AvgIpc) is 2.68. The molecule has 19 heavy (non-hydrogen) atoms. The molecule has 1 fully saturated rings. The average molecular weight is 285 g/mol. The smallest absolute Gasteiger partial charge is 0.313 e. The molecule has 0 spiro atoms. The summed E-state index contributed by atoms with van der Waals surface area (Å²) in [5.41, 5.74) is 5.89. The normalized spacial score (nSPS) is 24.5. The fourth-order valence-corrected chi connectivity index (χ4v) is 3.27. The van der Waals surface area contributed by atoms with Gasteiger partial charge in [0.25, 0.3) is 0 Å². The Morgan fingerprint density at radius 1 is 1.58 bits per heavy atom. The van der Waals surface area contributed by atoms with Crippen molar-refractivity contribution in [1.82, 2.24) is 19.7 Å². The van der Waals surface area contributed by atoms with Gasteiger partial charge in [0.2, 0.25) is 5.95 Å². The molecule has 0 radical (unpaired) electrons. The summed E-state index contributed by atoms with van der Waals surface area (Å²) in [6.07, 6.45) is 0.973. The van der Waals surface area contributed by atoms with E-state index in [9.17, 15) is 4.79 Å². The van der Waals surface area contributed by atoms with Crippen molar-refractivity contribution < 1.29 is 9.90 Å². The molecule has 2 rings (SSSR count). The molecule has 7 nitrogen and oxygen atoms in total. The lowest BCUT2D eigenvalue weighted by molar-refractivity contribution is -0.133. The monoisotopic (exact) mass is 285 g/mol. The number of hydrogen-bond donors (Lipinski definition) is 2. The maximum atomic E-state index is 10.7. The van der Waals surface area contributed by atoms with Crippen LogP contribution < -0.4 is 5.73 Å². The molecular formula is C11H19N5O2S. The van der Waals surface area contributed by atoms with Crippen molar-refractivity contribution >= 4 is 23.7 Å². The number of carboxylic acids is 1. The van der Waals surface area contributed by atoms with E-state index in [4.69, 9.17) is 10.8 Å². The quantitative estimate of drug-likeness (QED) is 0.780. The van der Waals surface area contributed by atoms with Crippen LogP contribution in [0, 0.1) is 5.92 Å². The Hall–Kier alpha value is -1.28. The van der Waals surface area contributed by atoms with Gasteiger partial charge in [-0.15, -0.1) is 10.2 Å². The van der Waals surface area contributed by atoms with Crippen LogP contribution in [-0.4, -0.2) is 56.6 Å². The molecule has 8 heteroatoms. The van der Waals surface area contributed by atoms with Crippen LogP contribution in [0.25, 0.3) is 0 Å². The van der Waals surface area contributed by atoms with Crippen LogP contribution >= 0.6 is 11.8 Å². The summed E-state index contributed by atoms with van der Waals surface area (Å²) >= 11 is 1.17. The van der Waals surface area contributed by atoms with E-state index in [0.29, 0.717) is 17.0 Å². The second-order valence-electron chi connectivity index (χ2n) is 4.99. The summed E-state index contributed by atoms with van der Waals surface area (Å²) in [6, 6.07) is 0.238. The molecule has 0 aliphatic carbocycles. The molecule has 2 heterocycles. The van der Waals surface area contributed by atoms with E-state index in [1.807, 2.05) is 4.57 Å². The van der Waals surface area contributed by atoms with Crippen LogP contribution in [0.3, 0.4) is 0 Å². The second kappa shape index (κ2) is 5.79. The minimum Gasteiger partial charge on any atom is -0.481 e.